The molecule has 0 aliphatic heterocycles. The Labute approximate surface area is 153 Å². The largest absolute Gasteiger partial charge is 0.398 e. The third kappa shape index (κ3) is 3.61. The minimum Gasteiger partial charge on any atom is -0.398 e. The third-order valence-corrected chi connectivity index (χ3v) is 4.63. The fraction of sp³-hybridized carbons (Fsp3) is 0.238. The second-order valence-corrected chi connectivity index (χ2v) is 6.43. The van der Waals surface area contributed by atoms with Crippen LogP contribution in [-0.2, 0) is 6.42 Å². The van der Waals surface area contributed by atoms with Gasteiger partial charge < -0.3 is 16.5 Å². The molecule has 0 fully saturated rings. The van der Waals surface area contributed by atoms with E-state index in [9.17, 15) is 4.79 Å². The van der Waals surface area contributed by atoms with Gasteiger partial charge in [0.15, 0.2) is 0 Å². The molecule has 0 saturated carbocycles. The molecule has 3 rings (SSSR count). The number of carbonyl (C=O) groups excluding carboxylic acids is 1. The highest BCUT2D eigenvalue weighted by atomic mass is 16.1. The van der Waals surface area contributed by atoms with Gasteiger partial charge in [-0.15, -0.1) is 0 Å². The molecule has 5 N–H and O–H groups in total. The summed E-state index contributed by atoms with van der Waals surface area (Å²) in [4.78, 5) is 18.8. The van der Waals surface area contributed by atoms with E-state index in [-0.39, 0.29) is 0 Å². The van der Waals surface area contributed by atoms with Crippen molar-refractivity contribution in [2.75, 3.05) is 5.73 Å². The van der Waals surface area contributed by atoms with Crippen LogP contribution >= 0.6 is 0 Å². The number of amides is 1. The van der Waals surface area contributed by atoms with Crippen LogP contribution in [-0.4, -0.2) is 15.9 Å². The van der Waals surface area contributed by atoms with E-state index in [1.165, 1.54) is 12.0 Å². The van der Waals surface area contributed by atoms with Gasteiger partial charge in [-0.25, -0.2) is 4.98 Å². The van der Waals surface area contributed by atoms with Crippen molar-refractivity contribution < 1.29 is 4.79 Å². The molecule has 0 saturated heterocycles. The summed E-state index contributed by atoms with van der Waals surface area (Å²) in [7, 11) is 0. The Kier molecular flexibility index (Phi) is 5.37. The number of carbonyl (C=O) groups is 1. The summed E-state index contributed by atoms with van der Waals surface area (Å²) in [6, 6.07) is 11.6. The maximum Gasteiger partial charge on any atom is 0.248 e. The number of nitrogens with two attached hydrogens (primary N) is 2. The first kappa shape index (κ1) is 17.7. The number of nitrogens with one attached hydrogen (secondary N) is 1. The average Bonchev–Trinajstić information content (AvgIpc) is 3.17. The number of H-pyrrole nitrogens is 1. The van der Waals surface area contributed by atoms with Crippen molar-refractivity contribution in [3.8, 4) is 22.4 Å². The number of aromatic nitrogens is 2. The highest BCUT2D eigenvalue weighted by Crippen LogP contribution is 2.36. The van der Waals surface area contributed by atoms with Gasteiger partial charge >= 0.3 is 0 Å². The zero-order valence-electron chi connectivity index (χ0n) is 15.0. The van der Waals surface area contributed by atoms with Crippen LogP contribution in [0.1, 0.15) is 42.1 Å². The average molecular weight is 348 g/mol. The van der Waals surface area contributed by atoms with Crippen LogP contribution in [0.2, 0.25) is 0 Å². The van der Waals surface area contributed by atoms with Gasteiger partial charge in [0.1, 0.15) is 0 Å². The van der Waals surface area contributed by atoms with Crippen molar-refractivity contribution >= 4 is 11.6 Å². The highest BCUT2D eigenvalue weighted by molar-refractivity contribution is 5.96. The number of anilines is 1. The Morgan fingerprint density at radius 3 is 2.62 bits per heavy atom. The van der Waals surface area contributed by atoms with Crippen LogP contribution < -0.4 is 11.5 Å². The molecule has 0 aliphatic carbocycles. The van der Waals surface area contributed by atoms with Crippen LogP contribution in [0, 0.1) is 0 Å². The molecule has 5 heteroatoms. The van der Waals surface area contributed by atoms with Gasteiger partial charge in [0, 0.05) is 22.4 Å². The molecular weight excluding hydrogens is 324 g/mol. The lowest BCUT2D eigenvalue weighted by molar-refractivity contribution is 0.100. The molecule has 0 spiro atoms. The lowest BCUT2D eigenvalue weighted by Gasteiger charge is -2.15. The van der Waals surface area contributed by atoms with Crippen molar-refractivity contribution in [3.63, 3.8) is 0 Å². The lowest BCUT2D eigenvalue weighted by atomic mass is 9.91. The summed E-state index contributed by atoms with van der Waals surface area (Å²) in [6.07, 6.45) is 7.74. The molecule has 0 bridgehead atoms. The van der Waals surface area contributed by atoms with E-state index in [2.05, 4.69) is 16.9 Å². The summed E-state index contributed by atoms with van der Waals surface area (Å²) in [6.45, 7) is 2.18. The van der Waals surface area contributed by atoms with Gasteiger partial charge in [0.25, 0.3) is 0 Å². The number of para-hydroxylation sites is 1. The van der Waals surface area contributed by atoms with Crippen molar-refractivity contribution in [1.82, 2.24) is 9.97 Å². The first-order valence-corrected chi connectivity index (χ1v) is 8.92. The number of nitrogens with zero attached hydrogens (tertiary/aromatic N) is 1. The first-order chi connectivity index (χ1) is 12.6. The van der Waals surface area contributed by atoms with E-state index in [4.69, 9.17) is 11.5 Å². The maximum atomic E-state index is 11.7. The standard InChI is InChI=1S/C21H24N4O/c1-2-3-4-6-14-9-10-15(21(23)26)11-18(14)16-7-5-8-17(20(16)22)19-12-24-13-25-19/h5,7-13H,2-4,6,22H2,1H3,(H2,23,26)(H,24,25). The zero-order chi connectivity index (χ0) is 18.5. The summed E-state index contributed by atoms with van der Waals surface area (Å²) in [5.74, 6) is -0.436. The fourth-order valence-electron chi connectivity index (χ4n) is 3.20. The first-order valence-electron chi connectivity index (χ1n) is 8.92. The summed E-state index contributed by atoms with van der Waals surface area (Å²) < 4.78 is 0. The van der Waals surface area contributed by atoms with Gasteiger partial charge in [0.2, 0.25) is 5.91 Å². The number of hydrogen-bond acceptors (Lipinski definition) is 3. The van der Waals surface area contributed by atoms with Gasteiger partial charge in [-0.3, -0.25) is 4.79 Å². The predicted octanol–water partition coefficient (Wildman–Crippen LogP) is 4.16. The molecule has 0 unspecified atom stereocenters. The van der Waals surface area contributed by atoms with Crippen LogP contribution in [0.3, 0.4) is 0 Å². The number of imidazole rings is 1. The molecule has 0 atom stereocenters. The quantitative estimate of drug-likeness (QED) is 0.442. The number of aromatic amines is 1. The number of aryl methyl sites for hydroxylation is 1. The predicted molar refractivity (Wildman–Crippen MR) is 106 cm³/mol. The normalized spacial score (nSPS) is 10.8. The van der Waals surface area contributed by atoms with Crippen molar-refractivity contribution in [1.29, 1.82) is 0 Å². The Hall–Kier alpha value is -3.08. The second-order valence-electron chi connectivity index (χ2n) is 6.43. The molecule has 1 aromatic heterocycles. The Morgan fingerprint density at radius 1 is 1.12 bits per heavy atom. The fourth-order valence-corrected chi connectivity index (χ4v) is 3.20. The number of unbranched alkanes of at least 4 members (excludes halogenated alkanes) is 2. The number of primary amides is 1. The van der Waals surface area contributed by atoms with Crippen LogP contribution in [0.4, 0.5) is 5.69 Å². The van der Waals surface area contributed by atoms with E-state index in [1.54, 1.807) is 18.6 Å². The third-order valence-electron chi connectivity index (χ3n) is 4.63. The summed E-state index contributed by atoms with van der Waals surface area (Å²) in [5.41, 5.74) is 18.0. The molecule has 3 aromatic rings. The molecular formula is C21H24N4O. The van der Waals surface area contributed by atoms with Crippen molar-refractivity contribution in [3.05, 3.63) is 60.0 Å². The number of rotatable bonds is 7. The maximum absolute atomic E-state index is 11.7. The molecule has 26 heavy (non-hydrogen) atoms. The van der Waals surface area contributed by atoms with Crippen molar-refractivity contribution in [2.24, 2.45) is 5.73 Å². The molecule has 0 aliphatic rings. The van der Waals surface area contributed by atoms with E-state index < -0.39 is 5.91 Å². The minimum absolute atomic E-state index is 0.436. The van der Waals surface area contributed by atoms with E-state index in [1.807, 2.05) is 30.3 Å². The van der Waals surface area contributed by atoms with E-state index >= 15 is 0 Å². The molecule has 5 nitrogen and oxygen atoms in total. The van der Waals surface area contributed by atoms with Crippen LogP contribution in [0.25, 0.3) is 22.4 Å². The molecule has 1 heterocycles. The van der Waals surface area contributed by atoms with Gasteiger partial charge in [-0.2, -0.15) is 0 Å². The van der Waals surface area contributed by atoms with Gasteiger partial charge in [0.05, 0.1) is 18.2 Å². The Balaban J connectivity index is 2.10. The molecule has 0 radical (unpaired) electrons. The smallest absolute Gasteiger partial charge is 0.248 e. The van der Waals surface area contributed by atoms with Gasteiger partial charge in [-0.05, 0) is 36.1 Å². The van der Waals surface area contributed by atoms with Crippen LogP contribution in [0.5, 0.6) is 0 Å². The molecule has 1 amide bonds. The zero-order valence-corrected chi connectivity index (χ0v) is 15.0. The SMILES string of the molecule is CCCCCc1ccc(C(N)=O)cc1-c1cccc(-c2cnc[nH]2)c1N. The molecule has 134 valence electrons. The summed E-state index contributed by atoms with van der Waals surface area (Å²) >= 11 is 0. The Bertz CT molecular complexity index is 900. The summed E-state index contributed by atoms with van der Waals surface area (Å²) in [5, 5.41) is 0. The van der Waals surface area contributed by atoms with Crippen LogP contribution in [0.15, 0.2) is 48.9 Å². The Morgan fingerprint density at radius 2 is 1.92 bits per heavy atom. The topological polar surface area (TPSA) is 97.8 Å². The van der Waals surface area contributed by atoms with E-state index in [0.717, 1.165) is 41.6 Å². The second kappa shape index (κ2) is 7.87. The van der Waals surface area contributed by atoms with Crippen molar-refractivity contribution in [2.45, 2.75) is 32.6 Å². The number of hydrogen-bond donors (Lipinski definition) is 3. The minimum atomic E-state index is -0.436. The monoisotopic (exact) mass is 348 g/mol. The molecule has 2 aromatic carbocycles. The number of benzene rings is 2. The van der Waals surface area contributed by atoms with E-state index in [0.29, 0.717) is 11.3 Å². The highest BCUT2D eigenvalue weighted by Gasteiger charge is 2.14. The number of nitrogen functional groups attached to an aromatic ring is 1. The van der Waals surface area contributed by atoms with Gasteiger partial charge in [-0.1, -0.05) is 44.0 Å². The lowest BCUT2D eigenvalue weighted by Crippen LogP contribution is -2.11.